The maximum atomic E-state index is 13.8. The number of benzene rings is 1. The first-order valence-electron chi connectivity index (χ1n) is 5.92. The van der Waals surface area contributed by atoms with E-state index in [1.807, 2.05) is 14.0 Å². The van der Waals surface area contributed by atoms with E-state index in [0.717, 1.165) is 17.9 Å². The molecule has 2 aromatic rings. The summed E-state index contributed by atoms with van der Waals surface area (Å²) in [6, 6.07) is 5.92. The van der Waals surface area contributed by atoms with Gasteiger partial charge < -0.3 is 9.73 Å². The topological polar surface area (TPSA) is 25.2 Å². The summed E-state index contributed by atoms with van der Waals surface area (Å²) in [5.74, 6) is 0.0376. The zero-order valence-corrected chi connectivity index (χ0v) is 12.2. The van der Waals surface area contributed by atoms with Gasteiger partial charge in [-0.15, -0.1) is 0 Å². The Bertz CT molecular complexity index is 583. The quantitative estimate of drug-likeness (QED) is 0.853. The molecule has 2 nitrogen and oxygen atoms in total. The van der Waals surface area contributed by atoms with Crippen LogP contribution in [0.5, 0.6) is 0 Å². The minimum atomic E-state index is -0.518. The Labute approximate surface area is 118 Å². The smallest absolute Gasteiger partial charge is 0.138 e. The second-order valence-corrected chi connectivity index (χ2v) is 5.26. The minimum Gasteiger partial charge on any atom is -0.461 e. The van der Waals surface area contributed by atoms with E-state index in [4.69, 9.17) is 4.42 Å². The first kappa shape index (κ1) is 14.2. The molecule has 0 amide bonds. The van der Waals surface area contributed by atoms with Crippen LogP contribution in [0.2, 0.25) is 0 Å². The molecule has 1 N–H and O–H groups in total. The van der Waals surface area contributed by atoms with Gasteiger partial charge >= 0.3 is 0 Å². The van der Waals surface area contributed by atoms with Crippen molar-refractivity contribution in [2.24, 2.45) is 0 Å². The van der Waals surface area contributed by atoms with Crippen LogP contribution in [0.4, 0.5) is 8.78 Å². The fourth-order valence-corrected chi connectivity index (χ4v) is 2.06. The van der Waals surface area contributed by atoms with Crippen molar-refractivity contribution in [2.45, 2.75) is 19.4 Å². The second-order valence-electron chi connectivity index (χ2n) is 4.41. The molecule has 0 fully saturated rings. The molecule has 0 radical (unpaired) electrons. The summed E-state index contributed by atoms with van der Waals surface area (Å²) in [6.07, 6.45) is 0.692. The number of hydrogen-bond acceptors (Lipinski definition) is 2. The Kier molecular flexibility index (Phi) is 4.37. The van der Waals surface area contributed by atoms with E-state index in [-0.39, 0.29) is 16.1 Å². The lowest BCUT2D eigenvalue weighted by atomic mass is 10.1. The van der Waals surface area contributed by atoms with E-state index in [0.29, 0.717) is 12.2 Å². The molecule has 5 heteroatoms. The molecule has 0 saturated heterocycles. The largest absolute Gasteiger partial charge is 0.461 e. The van der Waals surface area contributed by atoms with Gasteiger partial charge in [-0.1, -0.05) is 0 Å². The van der Waals surface area contributed by atoms with E-state index in [1.54, 1.807) is 12.1 Å². The average molecular weight is 330 g/mol. The van der Waals surface area contributed by atoms with Gasteiger partial charge in [0.1, 0.15) is 23.2 Å². The Morgan fingerprint density at radius 3 is 2.68 bits per heavy atom. The fourth-order valence-electron chi connectivity index (χ4n) is 1.75. The average Bonchev–Trinajstić information content (AvgIpc) is 2.82. The summed E-state index contributed by atoms with van der Waals surface area (Å²) in [6.45, 7) is 2.02. The molecule has 0 aliphatic rings. The van der Waals surface area contributed by atoms with Crippen LogP contribution in [0.25, 0.3) is 11.3 Å². The van der Waals surface area contributed by atoms with Crippen molar-refractivity contribution >= 4 is 15.9 Å². The van der Waals surface area contributed by atoms with Gasteiger partial charge in [-0.25, -0.2) is 8.78 Å². The maximum Gasteiger partial charge on any atom is 0.138 e. The molecule has 0 spiro atoms. The van der Waals surface area contributed by atoms with Gasteiger partial charge in [-0.05, 0) is 54.2 Å². The first-order chi connectivity index (χ1) is 9.01. The Hall–Kier alpha value is -1.20. The number of halogens is 3. The number of likely N-dealkylation sites (N-methyl/N-ethyl adjacent to an activating group) is 1. The highest BCUT2D eigenvalue weighted by Crippen LogP contribution is 2.29. The van der Waals surface area contributed by atoms with E-state index in [2.05, 4.69) is 21.2 Å². The summed E-state index contributed by atoms with van der Waals surface area (Å²) in [5, 5.41) is 3.09. The summed E-state index contributed by atoms with van der Waals surface area (Å²) >= 11 is 2.95. The van der Waals surface area contributed by atoms with E-state index in [9.17, 15) is 8.78 Å². The Morgan fingerprint density at radius 2 is 2.00 bits per heavy atom. The van der Waals surface area contributed by atoms with Crippen molar-refractivity contribution in [1.29, 1.82) is 0 Å². The standard InChI is InChI=1S/C14H14BrF2NO/c1-8(18-2)5-9-3-4-14(19-9)10-6-13(17)11(15)7-12(10)16/h3-4,6-8,18H,5H2,1-2H3. The number of rotatable bonds is 4. The van der Waals surface area contributed by atoms with Crippen LogP contribution < -0.4 is 5.32 Å². The van der Waals surface area contributed by atoms with Crippen LogP contribution in [0.1, 0.15) is 12.7 Å². The van der Waals surface area contributed by atoms with Gasteiger partial charge in [0.2, 0.25) is 0 Å². The molecular formula is C14H14BrF2NO. The highest BCUT2D eigenvalue weighted by molar-refractivity contribution is 9.10. The molecule has 0 aliphatic carbocycles. The zero-order valence-electron chi connectivity index (χ0n) is 10.6. The van der Waals surface area contributed by atoms with Gasteiger partial charge in [-0.2, -0.15) is 0 Å². The minimum absolute atomic E-state index is 0.101. The van der Waals surface area contributed by atoms with Gasteiger partial charge in [0.15, 0.2) is 0 Å². The first-order valence-corrected chi connectivity index (χ1v) is 6.71. The SMILES string of the molecule is CNC(C)Cc1ccc(-c2cc(F)c(Br)cc2F)o1. The van der Waals surface area contributed by atoms with Crippen LogP contribution in [-0.4, -0.2) is 13.1 Å². The Morgan fingerprint density at radius 1 is 1.26 bits per heavy atom. The van der Waals surface area contributed by atoms with Gasteiger partial charge in [0.25, 0.3) is 0 Å². The molecule has 1 aromatic carbocycles. The normalized spacial score (nSPS) is 12.7. The Balaban J connectivity index is 2.30. The third-order valence-corrected chi connectivity index (χ3v) is 3.54. The van der Waals surface area contributed by atoms with E-state index in [1.165, 1.54) is 0 Å². The van der Waals surface area contributed by atoms with Gasteiger partial charge in [0, 0.05) is 12.5 Å². The van der Waals surface area contributed by atoms with Gasteiger partial charge in [0.05, 0.1) is 10.0 Å². The molecule has 2 rings (SSSR count). The van der Waals surface area contributed by atoms with Crippen LogP contribution in [0, 0.1) is 11.6 Å². The van der Waals surface area contributed by atoms with Crippen LogP contribution in [0.3, 0.4) is 0 Å². The predicted octanol–water partition coefficient (Wildman–Crippen LogP) is 4.14. The third kappa shape index (κ3) is 3.22. The number of nitrogens with one attached hydrogen (secondary N) is 1. The third-order valence-electron chi connectivity index (χ3n) is 2.94. The lowest BCUT2D eigenvalue weighted by molar-refractivity contribution is 0.478. The van der Waals surface area contributed by atoms with Crippen LogP contribution >= 0.6 is 15.9 Å². The number of hydrogen-bond donors (Lipinski definition) is 1. The highest BCUT2D eigenvalue weighted by Gasteiger charge is 2.14. The molecule has 1 heterocycles. The molecule has 1 atom stereocenters. The van der Waals surface area contributed by atoms with Crippen molar-refractivity contribution in [3.05, 3.63) is 46.1 Å². The molecule has 0 saturated carbocycles. The molecule has 19 heavy (non-hydrogen) atoms. The van der Waals surface area contributed by atoms with Crippen molar-refractivity contribution in [2.75, 3.05) is 7.05 Å². The summed E-state index contributed by atoms with van der Waals surface area (Å²) in [5.41, 5.74) is 0.129. The van der Waals surface area contributed by atoms with Crippen LogP contribution in [0.15, 0.2) is 33.2 Å². The molecule has 0 aliphatic heterocycles. The summed E-state index contributed by atoms with van der Waals surface area (Å²) in [7, 11) is 1.86. The molecule has 102 valence electrons. The van der Waals surface area contributed by atoms with E-state index >= 15 is 0 Å². The zero-order chi connectivity index (χ0) is 14.0. The van der Waals surface area contributed by atoms with Crippen LogP contribution in [-0.2, 0) is 6.42 Å². The van der Waals surface area contributed by atoms with Crippen molar-refractivity contribution in [3.8, 4) is 11.3 Å². The van der Waals surface area contributed by atoms with Crippen molar-refractivity contribution in [1.82, 2.24) is 5.32 Å². The van der Waals surface area contributed by atoms with Crippen molar-refractivity contribution < 1.29 is 13.2 Å². The monoisotopic (exact) mass is 329 g/mol. The van der Waals surface area contributed by atoms with Crippen molar-refractivity contribution in [3.63, 3.8) is 0 Å². The maximum absolute atomic E-state index is 13.8. The molecule has 0 bridgehead atoms. The lowest BCUT2D eigenvalue weighted by Crippen LogP contribution is -2.23. The number of furan rings is 1. The predicted molar refractivity (Wildman–Crippen MR) is 74.0 cm³/mol. The lowest BCUT2D eigenvalue weighted by Gasteiger charge is -2.07. The molecule has 1 unspecified atom stereocenters. The van der Waals surface area contributed by atoms with Gasteiger partial charge in [-0.3, -0.25) is 0 Å². The second kappa shape index (κ2) is 5.84. The fraction of sp³-hybridized carbons (Fsp3) is 0.286. The summed E-state index contributed by atoms with van der Waals surface area (Å²) < 4.78 is 32.9. The molecule has 1 aromatic heterocycles. The highest BCUT2D eigenvalue weighted by atomic mass is 79.9. The van der Waals surface area contributed by atoms with E-state index < -0.39 is 11.6 Å². The molecular weight excluding hydrogens is 316 g/mol. The summed E-state index contributed by atoms with van der Waals surface area (Å²) in [4.78, 5) is 0.